The van der Waals surface area contributed by atoms with Gasteiger partial charge in [-0.1, -0.05) is 18.2 Å². The zero-order chi connectivity index (χ0) is 10.0. The minimum atomic E-state index is -0.561. The Balaban J connectivity index is 2.34. The smallest absolute Gasteiger partial charge is 0.145 e. The number of nitrogens with zero attached hydrogens (tertiary/aromatic N) is 1. The van der Waals surface area contributed by atoms with Gasteiger partial charge in [-0.2, -0.15) is 5.26 Å². The lowest BCUT2D eigenvalue weighted by atomic mass is 9.90. The Bertz CT molecular complexity index is 383. The molecular formula is C11H12N2O. The van der Waals surface area contributed by atoms with Gasteiger partial charge in [0.05, 0.1) is 6.07 Å². The molecule has 0 fully saturated rings. The molecule has 0 saturated carbocycles. The van der Waals surface area contributed by atoms with E-state index in [0.717, 1.165) is 11.3 Å². The largest absolute Gasteiger partial charge is 0.490 e. The minimum absolute atomic E-state index is 0.414. The van der Waals surface area contributed by atoms with Gasteiger partial charge in [0.15, 0.2) is 0 Å². The summed E-state index contributed by atoms with van der Waals surface area (Å²) >= 11 is 0. The summed E-state index contributed by atoms with van der Waals surface area (Å²) in [5.74, 6) is 0.897. The monoisotopic (exact) mass is 188 g/mol. The first kappa shape index (κ1) is 9.04. The van der Waals surface area contributed by atoms with Gasteiger partial charge in [0, 0.05) is 6.42 Å². The molecule has 0 amide bonds. The molecule has 2 rings (SSSR count). The summed E-state index contributed by atoms with van der Waals surface area (Å²) < 4.78 is 5.54. The third-order valence-electron chi connectivity index (χ3n) is 2.63. The first-order valence-electron chi connectivity index (χ1n) is 4.60. The second kappa shape index (κ2) is 3.32. The lowest BCUT2D eigenvalue weighted by molar-refractivity contribution is 0.204. The van der Waals surface area contributed by atoms with Crippen LogP contribution in [0.5, 0.6) is 5.75 Å². The fraction of sp³-hybridized carbons (Fsp3) is 0.364. The van der Waals surface area contributed by atoms with Gasteiger partial charge in [-0.3, -0.25) is 5.32 Å². The SMILES string of the molecule is CNC1(C#N)COc2ccccc2C1. The molecule has 0 aliphatic carbocycles. The van der Waals surface area contributed by atoms with Crippen LogP contribution >= 0.6 is 0 Å². The van der Waals surface area contributed by atoms with Crippen molar-refractivity contribution in [2.24, 2.45) is 0 Å². The number of hydrogen-bond donors (Lipinski definition) is 1. The van der Waals surface area contributed by atoms with Crippen molar-refractivity contribution in [1.29, 1.82) is 5.26 Å². The third-order valence-corrected chi connectivity index (χ3v) is 2.63. The maximum Gasteiger partial charge on any atom is 0.145 e. The van der Waals surface area contributed by atoms with Gasteiger partial charge in [-0.15, -0.1) is 0 Å². The Labute approximate surface area is 83.3 Å². The second-order valence-corrected chi connectivity index (χ2v) is 3.52. The molecule has 0 bridgehead atoms. The molecule has 1 heterocycles. The molecule has 1 aliphatic heterocycles. The highest BCUT2D eigenvalue weighted by Crippen LogP contribution is 2.28. The number of nitrogens with one attached hydrogen (secondary N) is 1. The molecule has 1 N–H and O–H groups in total. The maximum atomic E-state index is 9.07. The molecule has 0 spiro atoms. The fourth-order valence-corrected chi connectivity index (χ4v) is 1.66. The molecule has 0 radical (unpaired) electrons. The fourth-order valence-electron chi connectivity index (χ4n) is 1.66. The first-order valence-corrected chi connectivity index (χ1v) is 4.60. The van der Waals surface area contributed by atoms with Crippen LogP contribution in [0.4, 0.5) is 0 Å². The number of nitriles is 1. The quantitative estimate of drug-likeness (QED) is 0.717. The van der Waals surface area contributed by atoms with Gasteiger partial charge in [-0.25, -0.2) is 0 Å². The summed E-state index contributed by atoms with van der Waals surface area (Å²) in [6.07, 6.45) is 0.705. The summed E-state index contributed by atoms with van der Waals surface area (Å²) in [6, 6.07) is 10.1. The van der Waals surface area contributed by atoms with Crippen molar-refractivity contribution >= 4 is 0 Å². The number of hydrogen-bond acceptors (Lipinski definition) is 3. The Kier molecular flexibility index (Phi) is 2.14. The number of benzene rings is 1. The Hall–Kier alpha value is -1.53. The van der Waals surface area contributed by atoms with Crippen molar-refractivity contribution in [3.05, 3.63) is 29.8 Å². The van der Waals surface area contributed by atoms with Crippen molar-refractivity contribution in [2.45, 2.75) is 12.0 Å². The average molecular weight is 188 g/mol. The maximum absolute atomic E-state index is 9.07. The van der Waals surface area contributed by atoms with Crippen LogP contribution in [-0.2, 0) is 6.42 Å². The van der Waals surface area contributed by atoms with Crippen LogP contribution in [0.15, 0.2) is 24.3 Å². The van der Waals surface area contributed by atoms with E-state index in [2.05, 4.69) is 11.4 Å². The van der Waals surface area contributed by atoms with E-state index in [4.69, 9.17) is 10.00 Å². The van der Waals surface area contributed by atoms with E-state index >= 15 is 0 Å². The Morgan fingerprint density at radius 2 is 2.29 bits per heavy atom. The van der Waals surface area contributed by atoms with Crippen LogP contribution in [0.1, 0.15) is 5.56 Å². The van der Waals surface area contributed by atoms with Crippen LogP contribution in [-0.4, -0.2) is 19.2 Å². The van der Waals surface area contributed by atoms with Gasteiger partial charge in [0.2, 0.25) is 0 Å². The van der Waals surface area contributed by atoms with Crippen LogP contribution in [0.3, 0.4) is 0 Å². The molecule has 1 unspecified atom stereocenters. The Morgan fingerprint density at radius 3 is 3.00 bits per heavy atom. The van der Waals surface area contributed by atoms with E-state index in [1.807, 2.05) is 24.3 Å². The lowest BCUT2D eigenvalue weighted by Gasteiger charge is -2.31. The highest BCUT2D eigenvalue weighted by molar-refractivity contribution is 5.38. The van der Waals surface area contributed by atoms with Gasteiger partial charge in [-0.05, 0) is 18.7 Å². The molecule has 1 aliphatic rings. The lowest BCUT2D eigenvalue weighted by Crippen LogP contribution is -2.50. The molecule has 14 heavy (non-hydrogen) atoms. The van der Waals surface area contributed by atoms with Gasteiger partial charge < -0.3 is 4.74 Å². The van der Waals surface area contributed by atoms with Crippen molar-refractivity contribution in [1.82, 2.24) is 5.32 Å². The van der Waals surface area contributed by atoms with Crippen LogP contribution < -0.4 is 10.1 Å². The van der Waals surface area contributed by atoms with Gasteiger partial charge >= 0.3 is 0 Å². The van der Waals surface area contributed by atoms with E-state index in [1.54, 1.807) is 7.05 Å². The van der Waals surface area contributed by atoms with Crippen LogP contribution in [0.2, 0.25) is 0 Å². The van der Waals surface area contributed by atoms with Gasteiger partial charge in [0.25, 0.3) is 0 Å². The van der Waals surface area contributed by atoms with Crippen LogP contribution in [0, 0.1) is 11.3 Å². The molecule has 1 aromatic rings. The number of fused-ring (bicyclic) bond motifs is 1. The number of rotatable bonds is 1. The summed E-state index contributed by atoms with van der Waals surface area (Å²) in [6.45, 7) is 0.414. The molecule has 72 valence electrons. The molecule has 3 heteroatoms. The van der Waals surface area contributed by atoms with Crippen molar-refractivity contribution < 1.29 is 4.74 Å². The first-order chi connectivity index (χ1) is 6.79. The predicted molar refractivity (Wildman–Crippen MR) is 53.0 cm³/mol. The predicted octanol–water partition coefficient (Wildman–Crippen LogP) is 1.10. The summed E-state index contributed by atoms with van der Waals surface area (Å²) in [7, 11) is 1.79. The van der Waals surface area contributed by atoms with Crippen molar-refractivity contribution in [2.75, 3.05) is 13.7 Å². The summed E-state index contributed by atoms with van der Waals surface area (Å²) in [5, 5.41) is 12.1. The molecular weight excluding hydrogens is 176 g/mol. The summed E-state index contributed by atoms with van der Waals surface area (Å²) in [4.78, 5) is 0. The highest BCUT2D eigenvalue weighted by Gasteiger charge is 2.34. The molecule has 1 atom stereocenters. The standard InChI is InChI=1S/C11H12N2O/c1-13-11(7-12)6-9-4-2-3-5-10(9)14-8-11/h2-5,13H,6,8H2,1H3. The van der Waals surface area contributed by atoms with Crippen molar-refractivity contribution in [3.8, 4) is 11.8 Å². The third kappa shape index (κ3) is 1.34. The zero-order valence-corrected chi connectivity index (χ0v) is 8.08. The molecule has 0 aromatic heterocycles. The van der Waals surface area contributed by atoms with E-state index in [9.17, 15) is 0 Å². The normalized spacial score (nSPS) is 24.6. The topological polar surface area (TPSA) is 45.0 Å². The van der Waals surface area contributed by atoms with E-state index < -0.39 is 5.54 Å². The highest BCUT2D eigenvalue weighted by atomic mass is 16.5. The molecule has 1 aromatic carbocycles. The summed E-state index contributed by atoms with van der Waals surface area (Å²) in [5.41, 5.74) is 0.531. The molecule has 0 saturated heterocycles. The Morgan fingerprint density at radius 1 is 1.50 bits per heavy atom. The van der Waals surface area contributed by atoms with Crippen LogP contribution in [0.25, 0.3) is 0 Å². The van der Waals surface area contributed by atoms with Crippen molar-refractivity contribution in [3.63, 3.8) is 0 Å². The number of likely N-dealkylation sites (N-methyl/N-ethyl adjacent to an activating group) is 1. The second-order valence-electron chi connectivity index (χ2n) is 3.52. The van der Waals surface area contributed by atoms with E-state index in [1.165, 1.54) is 0 Å². The number of ether oxygens (including phenoxy) is 1. The van der Waals surface area contributed by atoms with E-state index in [0.29, 0.717) is 13.0 Å². The van der Waals surface area contributed by atoms with Gasteiger partial charge in [0.1, 0.15) is 17.9 Å². The minimum Gasteiger partial charge on any atom is -0.490 e. The zero-order valence-electron chi connectivity index (χ0n) is 8.08. The van der Waals surface area contributed by atoms with E-state index in [-0.39, 0.29) is 0 Å². The number of para-hydroxylation sites is 1. The molecule has 3 nitrogen and oxygen atoms in total. The average Bonchev–Trinajstić information content (AvgIpc) is 2.28.